The molecule has 0 saturated carbocycles. The van der Waals surface area contributed by atoms with Gasteiger partial charge in [-0.3, -0.25) is 38.5 Å². The van der Waals surface area contributed by atoms with Crippen molar-refractivity contribution in [3.05, 3.63) is 482 Å². The van der Waals surface area contributed by atoms with Gasteiger partial charge in [0.2, 0.25) is 0 Å². The Morgan fingerprint density at radius 2 is 0.685 bits per heavy atom. The third-order valence-electron chi connectivity index (χ3n) is 24.4. The van der Waals surface area contributed by atoms with Crippen molar-refractivity contribution in [3.8, 4) is 6.07 Å². The second-order valence-electron chi connectivity index (χ2n) is 35.1. The molecule has 0 saturated heterocycles. The van der Waals surface area contributed by atoms with Crippen LogP contribution in [-0.2, 0) is 0 Å². The number of hydrogen-bond donors (Lipinski definition) is 13. The number of pyridine rings is 2. The summed E-state index contributed by atoms with van der Waals surface area (Å²) in [5.41, 5.74) is 20.3. The monoisotopic (exact) mass is 1970 g/mol. The van der Waals surface area contributed by atoms with Crippen LogP contribution >= 0.6 is 23.2 Å². The van der Waals surface area contributed by atoms with E-state index in [1.807, 2.05) is 384 Å². The molecule has 0 spiro atoms. The summed E-state index contributed by atoms with van der Waals surface area (Å²) in [6.07, 6.45) is 5.14. The maximum atomic E-state index is 12.4. The predicted molar refractivity (Wildman–Crippen MR) is 580 cm³/mol. The molecule has 5 unspecified atom stereocenters. The predicted octanol–water partition coefficient (Wildman–Crippen LogP) is 25.9. The number of benzene rings is 12. The van der Waals surface area contributed by atoms with Gasteiger partial charge in [-0.1, -0.05) is 254 Å². The minimum absolute atomic E-state index is 0.0214. The number of oxazole rings is 1. The van der Waals surface area contributed by atoms with Crippen LogP contribution in [0, 0.1) is 25.2 Å². The Balaban J connectivity index is 0.000000128. The van der Waals surface area contributed by atoms with Crippen molar-refractivity contribution in [1.82, 2.24) is 82.1 Å². The second-order valence-corrected chi connectivity index (χ2v) is 36.0. The average Bonchev–Trinajstić information content (AvgIpc) is 1.58. The van der Waals surface area contributed by atoms with Gasteiger partial charge in [-0.05, 0) is 240 Å². The van der Waals surface area contributed by atoms with E-state index >= 15 is 0 Å². The van der Waals surface area contributed by atoms with Gasteiger partial charge in [-0.25, -0.2) is 9.97 Å². The number of para-hydroxylation sites is 2. The minimum Gasteiger partial charge on any atom is -0.432 e. The fourth-order valence-corrected chi connectivity index (χ4v) is 16.5. The van der Waals surface area contributed by atoms with Gasteiger partial charge in [0.15, 0.2) is 5.58 Å². The maximum absolute atomic E-state index is 12.4. The van der Waals surface area contributed by atoms with Gasteiger partial charge in [0.05, 0.1) is 53.9 Å². The van der Waals surface area contributed by atoms with Crippen molar-refractivity contribution in [2.75, 3.05) is 0 Å². The normalized spacial score (nSPS) is 12.2. The lowest BCUT2D eigenvalue weighted by molar-refractivity contribution is 0.0902. The highest BCUT2D eigenvalue weighted by molar-refractivity contribution is 6.31. The summed E-state index contributed by atoms with van der Waals surface area (Å²) in [4.78, 5) is 117. The van der Waals surface area contributed by atoms with Crippen LogP contribution in [0.2, 0.25) is 10.0 Å². The van der Waals surface area contributed by atoms with Crippen LogP contribution in [0.3, 0.4) is 0 Å². The molecule has 0 bridgehead atoms. The zero-order valence-electron chi connectivity index (χ0n) is 81.6. The summed E-state index contributed by atoms with van der Waals surface area (Å²) in [5.74, 6) is -0.938. The first-order valence-electron chi connectivity index (χ1n) is 47.6. The number of rotatable bonds is 21. The fraction of sp³-hybridized carbons (Fsp3) is 0.134. The van der Waals surface area contributed by atoms with E-state index in [-0.39, 0.29) is 89.5 Å². The van der Waals surface area contributed by atoms with Crippen LogP contribution in [0.5, 0.6) is 0 Å². The molecule has 21 rings (SSSR count). The molecule has 12 aromatic carbocycles. The number of amides is 7. The van der Waals surface area contributed by atoms with Crippen LogP contribution in [0.25, 0.3) is 76.6 Å². The Morgan fingerprint density at radius 3 is 1.13 bits per heavy atom. The first kappa shape index (κ1) is 102. The molecule has 0 fully saturated rings. The topological polar surface area (TPSA) is 374 Å². The third kappa shape index (κ3) is 27.4. The zero-order chi connectivity index (χ0) is 103. The number of nitriles is 1. The minimum atomic E-state index is -0.308. The lowest BCUT2D eigenvalue weighted by Gasteiger charge is -2.13. The Hall–Kier alpha value is -18.0. The first-order valence-corrected chi connectivity index (χ1v) is 48.4. The van der Waals surface area contributed by atoms with Gasteiger partial charge in [0.1, 0.15) is 45.3 Å². The molecule has 9 heterocycles. The average molecular weight is 1980 g/mol. The van der Waals surface area contributed by atoms with Crippen LogP contribution < -0.4 is 37.2 Å². The third-order valence-corrected chi connectivity index (χ3v) is 24.8. The van der Waals surface area contributed by atoms with E-state index < -0.39 is 0 Å². The molecule has 9 aromatic heterocycles. The molecule has 25 nitrogen and oxygen atoms in total. The highest BCUT2D eigenvalue weighted by Gasteiger charge is 2.23. The SMILES string of the molecule is CC(NC(=O)c1cc2cc(C#N)ccc2[nH]1)c1ccccc1.CC(NC(=O)c1cc2cccnc2[nH]1)c1ccccc1.CC(NC(=O)c1cc2cnccc2[nH]1)c1ccccc1.C[C@H](NC(=O)c1cc2cc(Cl)ccc2[nH]1)c1ccc(Cl)cc1.C[C@H](NC(=O)c1nc2ccccc2o1)c1ccccc1.Cc1ccc2cc(C(=O)NC(C)c3ccccc3)[nH]c2c1.Cc1cccc2[nH]c(C(=O)NC(C)c3ccccc3)cc12. The number of aryl methyl sites for hydroxylation is 2. The molecular weight excluding hydrogens is 1870 g/mol. The fourth-order valence-electron chi connectivity index (χ4n) is 16.2. The molecule has 0 aliphatic heterocycles. The number of nitrogens with one attached hydrogen (secondary N) is 13. The van der Waals surface area contributed by atoms with E-state index in [9.17, 15) is 33.6 Å². The molecule has 21 aromatic rings. The number of carbonyl (C=O) groups is 7. The Morgan fingerprint density at radius 1 is 0.308 bits per heavy atom. The largest absolute Gasteiger partial charge is 0.432 e. The maximum Gasteiger partial charge on any atom is 0.307 e. The number of fused-ring (bicyclic) bond motifs is 7. The van der Waals surface area contributed by atoms with E-state index in [1.54, 1.807) is 55.0 Å². The highest BCUT2D eigenvalue weighted by atomic mass is 35.5. The molecule has 0 radical (unpaired) electrons. The number of carbonyl (C=O) groups excluding carboxylic acids is 7. The summed E-state index contributed by atoms with van der Waals surface area (Å²) in [5, 5.41) is 36.8. The number of nitrogens with zero attached hydrogens (tertiary/aromatic N) is 4. The quantitative estimate of drug-likeness (QED) is 0.0319. The molecule has 0 aliphatic rings. The molecular formula is C119H109Cl2N17O8. The van der Waals surface area contributed by atoms with Gasteiger partial charge in [0.25, 0.3) is 41.3 Å². The molecule has 732 valence electrons. The van der Waals surface area contributed by atoms with Crippen LogP contribution in [0.4, 0.5) is 0 Å². The van der Waals surface area contributed by atoms with Crippen molar-refractivity contribution < 1.29 is 38.0 Å². The summed E-state index contributed by atoms with van der Waals surface area (Å²) in [6, 6.07) is 115. The smallest absolute Gasteiger partial charge is 0.307 e. The van der Waals surface area contributed by atoms with Gasteiger partial charge >= 0.3 is 5.91 Å². The number of aromatic amines is 6. The van der Waals surface area contributed by atoms with Crippen molar-refractivity contribution >= 4 is 141 Å². The van der Waals surface area contributed by atoms with Gasteiger partial charge in [0, 0.05) is 88.5 Å². The van der Waals surface area contributed by atoms with Gasteiger partial charge in [-0.2, -0.15) is 5.26 Å². The highest BCUT2D eigenvalue weighted by Crippen LogP contribution is 2.29. The standard InChI is InChI=1S/C18H15N3O.2C18H18N2O.C17H14Cl2N2O.2C16H15N3O.C16H14N2O2/c1-12(14-5-3-2-4-6-14)20-18(22)17-10-15-9-13(11-19)7-8-16(15)21-17;1-12-7-6-10-16-15(12)11-17(20-16)18(21)19-13(2)14-8-4-3-5-9-14;1-12-8-9-15-11-17(20-16(15)10-12)18(21)19-13(2)14-6-4-3-5-7-14;1-10(11-2-4-13(18)5-3-11)20-17(22)16-9-12-8-14(19)6-7-15(12)21-16;1-11(12-6-3-2-4-7-12)18-16(20)14-10-13-8-5-9-17-15(13)19-14;1-11(12-5-3-2-4-6-12)18-16(20)15-9-13-10-17-8-7-14(13)19-15;1-11(12-7-3-2-4-8-12)17-15(19)16-18-13-9-5-6-10-14(13)20-16/h2-10,12,21H,1H3,(H,20,22);2*3-11,13,20H,1-2H3,(H,19,21);2-10,21H,1H3,(H,20,22);2-11H,1H3,(H,17,19)(H,18,20);2-11,19H,1H3,(H,18,20);2-11H,1H3,(H,17,19)/t;;;10-;;;11-/m...0..0/s1. The van der Waals surface area contributed by atoms with E-state index in [0.717, 1.165) is 104 Å². The zero-order valence-corrected chi connectivity index (χ0v) is 83.2. The van der Waals surface area contributed by atoms with E-state index in [2.05, 4.69) is 88.1 Å². The van der Waals surface area contributed by atoms with E-state index in [4.69, 9.17) is 32.9 Å². The Bertz CT molecular complexity index is 7690. The lowest BCUT2D eigenvalue weighted by Crippen LogP contribution is -2.26. The number of halogens is 2. The summed E-state index contributed by atoms with van der Waals surface area (Å²) in [6.45, 7) is 17.8. The van der Waals surface area contributed by atoms with Crippen LogP contribution in [0.1, 0.15) is 220 Å². The van der Waals surface area contributed by atoms with Crippen molar-refractivity contribution in [2.45, 2.75) is 105 Å². The molecule has 7 atom stereocenters. The van der Waals surface area contributed by atoms with Crippen molar-refractivity contribution in [1.29, 1.82) is 5.26 Å². The number of hydrogen-bond acceptors (Lipinski definition) is 12. The van der Waals surface area contributed by atoms with Gasteiger partial charge < -0.3 is 71.5 Å². The Labute approximate surface area is 853 Å². The summed E-state index contributed by atoms with van der Waals surface area (Å²) < 4.78 is 5.44. The van der Waals surface area contributed by atoms with Gasteiger partial charge in [-0.15, -0.1) is 0 Å². The molecule has 13 N–H and O–H groups in total. The summed E-state index contributed by atoms with van der Waals surface area (Å²) >= 11 is 11.8. The molecule has 146 heavy (non-hydrogen) atoms. The number of H-pyrrole nitrogens is 6. The summed E-state index contributed by atoms with van der Waals surface area (Å²) in [7, 11) is 0. The van der Waals surface area contributed by atoms with Crippen molar-refractivity contribution in [3.63, 3.8) is 0 Å². The van der Waals surface area contributed by atoms with Crippen LogP contribution in [0.15, 0.2) is 381 Å². The van der Waals surface area contributed by atoms with E-state index in [1.165, 1.54) is 11.1 Å². The number of aromatic nitrogens is 9. The van der Waals surface area contributed by atoms with E-state index in [0.29, 0.717) is 60.9 Å². The molecule has 27 heteroatoms. The molecule has 7 amide bonds. The Kier molecular flexibility index (Phi) is 34.3. The van der Waals surface area contributed by atoms with Crippen LogP contribution in [-0.4, -0.2) is 86.2 Å². The lowest BCUT2D eigenvalue weighted by atomic mass is 10.1. The molecule has 0 aliphatic carbocycles. The first-order chi connectivity index (χ1) is 70.7. The second kappa shape index (κ2) is 48.9. The van der Waals surface area contributed by atoms with Crippen molar-refractivity contribution in [2.24, 2.45) is 0 Å².